The van der Waals surface area contributed by atoms with Crippen molar-refractivity contribution in [1.29, 1.82) is 0 Å². The van der Waals surface area contributed by atoms with Crippen molar-refractivity contribution in [1.82, 2.24) is 5.32 Å². The van der Waals surface area contributed by atoms with Crippen molar-refractivity contribution in [2.75, 3.05) is 6.54 Å². The molecule has 4 nitrogen and oxygen atoms in total. The summed E-state index contributed by atoms with van der Waals surface area (Å²) in [5.74, 6) is 0.132. The molecule has 0 heterocycles. The van der Waals surface area contributed by atoms with E-state index < -0.39 is 23.2 Å². The average molecular weight is 360 g/mol. The SMILES string of the molecule is C[C@@H](O)[C@]1(c2ccc(Cl)c(Cl)c2)CC1CNC(=O)OC(C)(C)C. The number of nitrogens with one attached hydrogen (secondary N) is 1. The van der Waals surface area contributed by atoms with Crippen LogP contribution in [0.5, 0.6) is 0 Å². The van der Waals surface area contributed by atoms with Crippen molar-refractivity contribution in [3.63, 3.8) is 0 Å². The van der Waals surface area contributed by atoms with Crippen molar-refractivity contribution < 1.29 is 14.6 Å². The Morgan fingerprint density at radius 1 is 1.43 bits per heavy atom. The molecule has 6 heteroatoms. The smallest absolute Gasteiger partial charge is 0.407 e. The molecule has 0 radical (unpaired) electrons. The van der Waals surface area contributed by atoms with E-state index in [2.05, 4.69) is 5.32 Å². The van der Waals surface area contributed by atoms with E-state index in [0.717, 1.165) is 12.0 Å². The summed E-state index contributed by atoms with van der Waals surface area (Å²) in [4.78, 5) is 11.8. The first-order chi connectivity index (χ1) is 10.6. The fourth-order valence-corrected chi connectivity index (χ4v) is 3.31. The molecule has 1 fully saturated rings. The zero-order valence-electron chi connectivity index (χ0n) is 13.8. The molecule has 1 aromatic carbocycles. The second-order valence-corrected chi connectivity index (χ2v) is 7.94. The number of alkyl carbamates (subject to hydrolysis) is 1. The molecule has 1 amide bonds. The van der Waals surface area contributed by atoms with Crippen LogP contribution in [0.4, 0.5) is 4.79 Å². The number of aliphatic hydroxyl groups excluding tert-OH is 1. The lowest BCUT2D eigenvalue weighted by molar-refractivity contribution is 0.0520. The largest absolute Gasteiger partial charge is 0.444 e. The van der Waals surface area contributed by atoms with Crippen molar-refractivity contribution in [3.05, 3.63) is 33.8 Å². The maximum atomic E-state index is 11.8. The second-order valence-electron chi connectivity index (χ2n) is 7.13. The van der Waals surface area contributed by atoms with E-state index in [4.69, 9.17) is 27.9 Å². The van der Waals surface area contributed by atoms with Gasteiger partial charge in [0.15, 0.2) is 0 Å². The molecule has 0 aromatic heterocycles. The van der Waals surface area contributed by atoms with Gasteiger partial charge in [-0.1, -0.05) is 29.3 Å². The van der Waals surface area contributed by atoms with E-state index in [1.807, 2.05) is 26.8 Å². The maximum Gasteiger partial charge on any atom is 0.407 e. The van der Waals surface area contributed by atoms with E-state index >= 15 is 0 Å². The number of carbonyl (C=O) groups excluding carboxylic acids is 1. The third-order valence-electron chi connectivity index (χ3n) is 4.25. The highest BCUT2D eigenvalue weighted by Gasteiger charge is 2.58. The number of ether oxygens (including phenoxy) is 1. The fraction of sp³-hybridized carbons (Fsp3) is 0.588. The van der Waals surface area contributed by atoms with Gasteiger partial charge in [0, 0.05) is 12.0 Å². The van der Waals surface area contributed by atoms with Crippen LogP contribution in [0.1, 0.15) is 39.7 Å². The van der Waals surface area contributed by atoms with Gasteiger partial charge in [-0.25, -0.2) is 4.79 Å². The molecule has 23 heavy (non-hydrogen) atoms. The minimum absolute atomic E-state index is 0.132. The first-order valence-corrected chi connectivity index (χ1v) is 8.42. The summed E-state index contributed by atoms with van der Waals surface area (Å²) in [6, 6.07) is 5.42. The second kappa shape index (κ2) is 6.50. The van der Waals surface area contributed by atoms with Gasteiger partial charge in [0.05, 0.1) is 16.1 Å². The lowest BCUT2D eigenvalue weighted by Crippen LogP contribution is -2.35. The Kier molecular flexibility index (Phi) is 5.19. The molecule has 1 aliphatic rings. The summed E-state index contributed by atoms with van der Waals surface area (Å²) >= 11 is 12.1. The van der Waals surface area contributed by atoms with Crippen LogP contribution in [0.25, 0.3) is 0 Å². The molecule has 0 saturated heterocycles. The van der Waals surface area contributed by atoms with E-state index in [0.29, 0.717) is 16.6 Å². The third-order valence-corrected chi connectivity index (χ3v) is 4.99. The Bertz CT molecular complexity index is 598. The van der Waals surface area contributed by atoms with Crippen LogP contribution in [0, 0.1) is 5.92 Å². The normalized spacial score (nSPS) is 24.9. The summed E-state index contributed by atoms with van der Waals surface area (Å²) in [5, 5.41) is 14.0. The van der Waals surface area contributed by atoms with Crippen LogP contribution < -0.4 is 5.32 Å². The summed E-state index contributed by atoms with van der Waals surface area (Å²) in [6.07, 6.45) is -0.221. The molecule has 0 spiro atoms. The maximum absolute atomic E-state index is 11.8. The van der Waals surface area contributed by atoms with Gasteiger partial charge in [-0.3, -0.25) is 0 Å². The quantitative estimate of drug-likeness (QED) is 0.848. The van der Waals surface area contributed by atoms with Crippen LogP contribution in [0.3, 0.4) is 0 Å². The van der Waals surface area contributed by atoms with Gasteiger partial charge < -0.3 is 15.2 Å². The van der Waals surface area contributed by atoms with Crippen LogP contribution in [-0.4, -0.2) is 29.4 Å². The van der Waals surface area contributed by atoms with Crippen molar-refractivity contribution >= 4 is 29.3 Å². The highest BCUT2D eigenvalue weighted by molar-refractivity contribution is 6.42. The molecule has 1 aliphatic carbocycles. The van der Waals surface area contributed by atoms with Crippen molar-refractivity contribution in [2.45, 2.75) is 51.2 Å². The predicted molar refractivity (Wildman–Crippen MR) is 92.2 cm³/mol. The zero-order chi connectivity index (χ0) is 17.4. The van der Waals surface area contributed by atoms with Gasteiger partial charge in [-0.2, -0.15) is 0 Å². The zero-order valence-corrected chi connectivity index (χ0v) is 15.3. The molecule has 2 N–H and O–H groups in total. The fourth-order valence-electron chi connectivity index (χ4n) is 3.02. The topological polar surface area (TPSA) is 58.6 Å². The molecule has 1 saturated carbocycles. The molecular formula is C17H23Cl2NO3. The number of hydrogen-bond donors (Lipinski definition) is 2. The Hall–Kier alpha value is -0.970. The van der Waals surface area contributed by atoms with Gasteiger partial charge in [0.2, 0.25) is 0 Å². The van der Waals surface area contributed by atoms with Gasteiger partial charge >= 0.3 is 6.09 Å². The van der Waals surface area contributed by atoms with Gasteiger partial charge in [-0.15, -0.1) is 0 Å². The summed E-state index contributed by atoms with van der Waals surface area (Å²) in [5.41, 5.74) is 0.0139. The van der Waals surface area contributed by atoms with Gasteiger partial charge in [0.25, 0.3) is 0 Å². The molecule has 2 rings (SSSR count). The van der Waals surface area contributed by atoms with E-state index in [9.17, 15) is 9.90 Å². The molecule has 128 valence electrons. The molecular weight excluding hydrogens is 337 g/mol. The van der Waals surface area contributed by atoms with E-state index in [1.165, 1.54) is 0 Å². The molecule has 0 aliphatic heterocycles. The summed E-state index contributed by atoms with van der Waals surface area (Å²) in [6.45, 7) is 7.66. The Morgan fingerprint density at radius 2 is 2.09 bits per heavy atom. The molecule has 3 atom stereocenters. The highest BCUT2D eigenvalue weighted by Crippen LogP contribution is 2.57. The lowest BCUT2D eigenvalue weighted by atomic mass is 9.88. The monoisotopic (exact) mass is 359 g/mol. The summed E-state index contributed by atoms with van der Waals surface area (Å²) < 4.78 is 5.23. The van der Waals surface area contributed by atoms with Crippen LogP contribution in [-0.2, 0) is 10.2 Å². The Balaban J connectivity index is 2.05. The van der Waals surface area contributed by atoms with E-state index in [1.54, 1.807) is 19.1 Å². The molecule has 1 unspecified atom stereocenters. The minimum Gasteiger partial charge on any atom is -0.444 e. The number of halogens is 2. The lowest BCUT2D eigenvalue weighted by Gasteiger charge is -2.23. The highest BCUT2D eigenvalue weighted by atomic mass is 35.5. The van der Waals surface area contributed by atoms with Crippen LogP contribution >= 0.6 is 23.2 Å². The Morgan fingerprint density at radius 3 is 2.61 bits per heavy atom. The Labute approximate surface area is 147 Å². The van der Waals surface area contributed by atoms with E-state index in [-0.39, 0.29) is 5.92 Å². The van der Waals surface area contributed by atoms with Crippen LogP contribution in [0.2, 0.25) is 10.0 Å². The predicted octanol–water partition coefficient (Wildman–Crippen LogP) is 4.16. The number of hydrogen-bond acceptors (Lipinski definition) is 3. The average Bonchev–Trinajstić information content (AvgIpc) is 3.13. The number of rotatable bonds is 4. The number of amides is 1. The van der Waals surface area contributed by atoms with Gasteiger partial charge in [0.1, 0.15) is 5.60 Å². The minimum atomic E-state index is -0.551. The first kappa shape index (κ1) is 18.4. The van der Waals surface area contributed by atoms with Gasteiger partial charge in [-0.05, 0) is 57.7 Å². The standard InChI is InChI=1S/C17H23Cl2NO3/c1-10(21)17(11-5-6-13(18)14(19)7-11)8-12(17)9-20-15(22)23-16(2,3)4/h5-7,10,12,21H,8-9H2,1-4H3,(H,20,22)/t10-,12?,17+/m1/s1. The third kappa shape index (κ3) is 4.11. The first-order valence-electron chi connectivity index (χ1n) is 7.66. The van der Waals surface area contributed by atoms with Crippen molar-refractivity contribution in [3.8, 4) is 0 Å². The van der Waals surface area contributed by atoms with Crippen molar-refractivity contribution in [2.24, 2.45) is 5.92 Å². The molecule has 0 bridgehead atoms. The molecule has 1 aromatic rings. The number of benzene rings is 1. The number of carbonyl (C=O) groups is 1. The van der Waals surface area contributed by atoms with Crippen LogP contribution in [0.15, 0.2) is 18.2 Å². The summed E-state index contributed by atoms with van der Waals surface area (Å²) in [7, 11) is 0. The number of aliphatic hydroxyl groups is 1.